The van der Waals surface area contributed by atoms with E-state index in [1.54, 1.807) is 36.4 Å². The maximum absolute atomic E-state index is 12.8. The third-order valence-electron chi connectivity index (χ3n) is 4.39. The third kappa shape index (κ3) is 3.41. The molecule has 7 nitrogen and oxygen atoms in total. The number of hydrogen-bond acceptors (Lipinski definition) is 5. The number of benzene rings is 2. The van der Waals surface area contributed by atoms with E-state index >= 15 is 0 Å². The first-order chi connectivity index (χ1) is 13.2. The average molecular weight is 421 g/mol. The number of furan rings is 1. The second kappa shape index (κ2) is 6.72. The van der Waals surface area contributed by atoms with Gasteiger partial charge in [0.25, 0.3) is 5.91 Å². The number of anilines is 2. The summed E-state index contributed by atoms with van der Waals surface area (Å²) in [6.45, 7) is 1.68. The molecule has 1 atom stereocenters. The number of hydrogen-bond donors (Lipinski definition) is 1. The smallest absolute Gasteiger partial charge is 0.267 e. The fourth-order valence-corrected chi connectivity index (χ4v) is 4.37. The standard InChI is InChI=1S/C19H17ClN2O5S/c1-11-7-12-8-13(9-14(20)18(12)26-11)21-19(23)17-10-22(28(2,24)25)15-5-3-4-6-16(15)27-17/h3-9,17H,10H2,1-2H3,(H,21,23)/t17-/m0/s1. The summed E-state index contributed by atoms with van der Waals surface area (Å²) in [6.07, 6.45) is 0.0871. The van der Waals surface area contributed by atoms with Crippen molar-refractivity contribution in [1.82, 2.24) is 0 Å². The largest absolute Gasteiger partial charge is 0.476 e. The predicted molar refractivity (Wildman–Crippen MR) is 108 cm³/mol. The van der Waals surface area contributed by atoms with Crippen LogP contribution in [0.1, 0.15) is 5.76 Å². The minimum Gasteiger partial charge on any atom is -0.476 e. The quantitative estimate of drug-likeness (QED) is 0.699. The summed E-state index contributed by atoms with van der Waals surface area (Å²) >= 11 is 6.23. The van der Waals surface area contributed by atoms with E-state index in [1.807, 2.05) is 13.0 Å². The summed E-state index contributed by atoms with van der Waals surface area (Å²) in [5.41, 5.74) is 1.42. The van der Waals surface area contributed by atoms with Crippen molar-refractivity contribution in [3.63, 3.8) is 0 Å². The Labute approximate surface area is 166 Å². The molecule has 2 aromatic carbocycles. The summed E-state index contributed by atoms with van der Waals surface area (Å²) in [5, 5.41) is 3.87. The topological polar surface area (TPSA) is 88.9 Å². The number of halogens is 1. The normalized spacial score (nSPS) is 16.5. The van der Waals surface area contributed by atoms with Crippen molar-refractivity contribution in [2.45, 2.75) is 13.0 Å². The Bertz CT molecular complexity index is 1190. The highest BCUT2D eigenvalue weighted by molar-refractivity contribution is 7.92. The minimum atomic E-state index is -3.57. The zero-order chi connectivity index (χ0) is 20.1. The van der Waals surface area contributed by atoms with Crippen LogP contribution in [0.25, 0.3) is 11.0 Å². The van der Waals surface area contributed by atoms with E-state index < -0.39 is 22.0 Å². The lowest BCUT2D eigenvalue weighted by atomic mass is 10.2. The lowest BCUT2D eigenvalue weighted by Crippen LogP contribution is -2.48. The van der Waals surface area contributed by atoms with Gasteiger partial charge in [0, 0.05) is 11.1 Å². The van der Waals surface area contributed by atoms with Crippen molar-refractivity contribution in [3.05, 3.63) is 53.2 Å². The predicted octanol–water partition coefficient (Wildman–Crippen LogP) is 3.56. The van der Waals surface area contributed by atoms with Crippen LogP contribution in [0.2, 0.25) is 5.02 Å². The first-order valence-electron chi connectivity index (χ1n) is 8.46. The van der Waals surface area contributed by atoms with Crippen molar-refractivity contribution >= 4 is 49.9 Å². The van der Waals surface area contributed by atoms with Crippen LogP contribution in [0.4, 0.5) is 11.4 Å². The fourth-order valence-electron chi connectivity index (χ4n) is 3.19. The molecule has 9 heteroatoms. The number of para-hydroxylation sites is 2. The van der Waals surface area contributed by atoms with Crippen LogP contribution in [0.5, 0.6) is 5.75 Å². The Morgan fingerprint density at radius 1 is 1.25 bits per heavy atom. The number of carbonyl (C=O) groups is 1. The summed E-state index contributed by atoms with van der Waals surface area (Å²) in [7, 11) is -3.57. The van der Waals surface area contributed by atoms with Gasteiger partial charge in [-0.3, -0.25) is 9.10 Å². The number of sulfonamides is 1. The molecule has 0 fully saturated rings. The molecule has 3 aromatic rings. The number of aryl methyl sites for hydroxylation is 1. The van der Waals surface area contributed by atoms with Crippen molar-refractivity contribution in [2.24, 2.45) is 0 Å². The monoisotopic (exact) mass is 420 g/mol. The van der Waals surface area contributed by atoms with E-state index in [1.165, 1.54) is 4.31 Å². The van der Waals surface area contributed by atoms with Crippen LogP contribution in [0.3, 0.4) is 0 Å². The Kier molecular flexibility index (Phi) is 4.47. The van der Waals surface area contributed by atoms with Gasteiger partial charge in [0.2, 0.25) is 10.0 Å². The van der Waals surface area contributed by atoms with Crippen LogP contribution in [-0.2, 0) is 14.8 Å². The van der Waals surface area contributed by atoms with Crippen LogP contribution in [-0.4, -0.2) is 33.2 Å². The van der Waals surface area contributed by atoms with Gasteiger partial charge in [-0.25, -0.2) is 8.42 Å². The SMILES string of the molecule is Cc1cc2cc(NC(=O)[C@@H]3CN(S(C)(=O)=O)c4ccccc4O3)cc(Cl)c2o1. The molecule has 1 aliphatic heterocycles. The van der Waals surface area contributed by atoms with Crippen LogP contribution in [0, 0.1) is 6.92 Å². The van der Waals surface area contributed by atoms with E-state index in [0.29, 0.717) is 33.5 Å². The van der Waals surface area contributed by atoms with Crippen LogP contribution >= 0.6 is 11.6 Å². The highest BCUT2D eigenvalue weighted by atomic mass is 35.5. The molecule has 0 saturated heterocycles. The van der Waals surface area contributed by atoms with E-state index in [0.717, 1.165) is 11.6 Å². The van der Waals surface area contributed by atoms with Gasteiger partial charge >= 0.3 is 0 Å². The highest BCUT2D eigenvalue weighted by Crippen LogP contribution is 2.35. The average Bonchev–Trinajstić information content (AvgIpc) is 3.00. The molecule has 0 spiro atoms. The van der Waals surface area contributed by atoms with Gasteiger partial charge < -0.3 is 14.5 Å². The summed E-state index contributed by atoms with van der Waals surface area (Å²) < 4.78 is 36.8. The van der Waals surface area contributed by atoms with Gasteiger partial charge in [-0.2, -0.15) is 0 Å². The molecule has 1 N–H and O–H groups in total. The van der Waals surface area contributed by atoms with Gasteiger partial charge in [0.05, 0.1) is 23.5 Å². The Morgan fingerprint density at radius 2 is 2.00 bits per heavy atom. The Morgan fingerprint density at radius 3 is 2.75 bits per heavy atom. The third-order valence-corrected chi connectivity index (χ3v) is 5.82. The molecular formula is C19H17ClN2O5S. The second-order valence-corrected chi connectivity index (χ2v) is 8.91. The molecule has 4 rings (SSSR count). The van der Waals surface area contributed by atoms with E-state index in [4.69, 9.17) is 20.8 Å². The summed E-state index contributed by atoms with van der Waals surface area (Å²) in [6, 6.07) is 11.8. The van der Waals surface area contributed by atoms with Crippen molar-refractivity contribution < 1.29 is 22.4 Å². The zero-order valence-electron chi connectivity index (χ0n) is 15.1. The van der Waals surface area contributed by atoms with Crippen molar-refractivity contribution in [2.75, 3.05) is 22.4 Å². The molecule has 0 radical (unpaired) electrons. The van der Waals surface area contributed by atoms with Gasteiger partial charge in [0.15, 0.2) is 11.7 Å². The Hall–Kier alpha value is -2.71. The molecule has 2 heterocycles. The van der Waals surface area contributed by atoms with Crippen LogP contribution < -0.4 is 14.4 Å². The zero-order valence-corrected chi connectivity index (χ0v) is 16.7. The number of amides is 1. The molecule has 0 bridgehead atoms. The van der Waals surface area contributed by atoms with Gasteiger partial charge in [-0.15, -0.1) is 0 Å². The van der Waals surface area contributed by atoms with E-state index in [2.05, 4.69) is 5.32 Å². The maximum Gasteiger partial charge on any atom is 0.267 e. The summed E-state index contributed by atoms with van der Waals surface area (Å²) in [4.78, 5) is 12.8. The van der Waals surface area contributed by atoms with Crippen molar-refractivity contribution in [3.8, 4) is 5.75 Å². The molecule has 28 heavy (non-hydrogen) atoms. The second-order valence-electron chi connectivity index (χ2n) is 6.59. The first-order valence-corrected chi connectivity index (χ1v) is 10.7. The number of nitrogens with zero attached hydrogens (tertiary/aromatic N) is 1. The molecular weight excluding hydrogens is 404 g/mol. The molecule has 0 unspecified atom stereocenters. The first kappa shape index (κ1) is 18.6. The molecule has 0 saturated carbocycles. The van der Waals surface area contributed by atoms with E-state index in [9.17, 15) is 13.2 Å². The number of rotatable bonds is 3. The molecule has 0 aliphatic carbocycles. The van der Waals surface area contributed by atoms with E-state index in [-0.39, 0.29) is 6.54 Å². The maximum atomic E-state index is 12.8. The van der Waals surface area contributed by atoms with Gasteiger partial charge in [-0.05, 0) is 37.3 Å². The molecule has 1 aromatic heterocycles. The minimum absolute atomic E-state index is 0.123. The van der Waals surface area contributed by atoms with Gasteiger partial charge in [0.1, 0.15) is 11.5 Å². The Balaban J connectivity index is 1.62. The highest BCUT2D eigenvalue weighted by Gasteiger charge is 2.35. The fraction of sp³-hybridized carbons (Fsp3) is 0.211. The van der Waals surface area contributed by atoms with Gasteiger partial charge in [-0.1, -0.05) is 23.7 Å². The molecule has 1 amide bonds. The van der Waals surface area contributed by atoms with Crippen LogP contribution in [0.15, 0.2) is 46.9 Å². The van der Waals surface area contributed by atoms with Crippen molar-refractivity contribution in [1.29, 1.82) is 0 Å². The number of ether oxygens (including phenoxy) is 1. The number of fused-ring (bicyclic) bond motifs is 2. The lowest BCUT2D eigenvalue weighted by Gasteiger charge is -2.33. The number of carbonyl (C=O) groups excluding carboxylic acids is 1. The lowest BCUT2D eigenvalue weighted by molar-refractivity contribution is -0.122. The number of nitrogens with one attached hydrogen (secondary N) is 1. The molecule has 1 aliphatic rings. The summed E-state index contributed by atoms with van der Waals surface area (Å²) in [5.74, 6) is 0.563. The molecule has 146 valence electrons.